The zero-order valence-electron chi connectivity index (χ0n) is 18.5. The molecule has 1 fully saturated rings. The van der Waals surface area contributed by atoms with Gasteiger partial charge in [-0.25, -0.2) is 4.79 Å². The SMILES string of the molecule is CCOc1cc(/C=C2\SC(=S)N(c3ccc(OC)cc3)C2=O)ccc1OC(=O)c1ccccc1. The van der Waals surface area contributed by atoms with Gasteiger partial charge in [-0.3, -0.25) is 9.69 Å². The molecule has 8 heteroatoms. The number of rotatable bonds is 7. The summed E-state index contributed by atoms with van der Waals surface area (Å²) in [5.74, 6) is 0.721. The van der Waals surface area contributed by atoms with Crippen molar-refractivity contribution in [2.75, 3.05) is 18.6 Å². The minimum atomic E-state index is -0.477. The van der Waals surface area contributed by atoms with Crippen molar-refractivity contribution in [2.24, 2.45) is 0 Å². The molecule has 0 spiro atoms. The molecular weight excluding hydrogens is 470 g/mol. The van der Waals surface area contributed by atoms with Gasteiger partial charge in [-0.2, -0.15) is 0 Å². The summed E-state index contributed by atoms with van der Waals surface area (Å²) < 4.78 is 16.9. The van der Waals surface area contributed by atoms with Gasteiger partial charge in [0.25, 0.3) is 5.91 Å². The molecule has 1 saturated heterocycles. The number of hydrogen-bond acceptors (Lipinski definition) is 7. The van der Waals surface area contributed by atoms with E-state index >= 15 is 0 Å². The molecular formula is C26H21NO5S2. The van der Waals surface area contributed by atoms with Gasteiger partial charge < -0.3 is 14.2 Å². The van der Waals surface area contributed by atoms with Crippen LogP contribution in [0.15, 0.2) is 77.7 Å². The van der Waals surface area contributed by atoms with Crippen LogP contribution in [0.25, 0.3) is 6.08 Å². The maximum absolute atomic E-state index is 13.1. The van der Waals surface area contributed by atoms with Crippen LogP contribution in [0.1, 0.15) is 22.8 Å². The van der Waals surface area contributed by atoms with Crippen LogP contribution in [0, 0.1) is 0 Å². The molecule has 0 atom stereocenters. The van der Waals surface area contributed by atoms with Crippen molar-refractivity contribution >= 4 is 51.9 Å². The number of hydrogen-bond donors (Lipinski definition) is 0. The largest absolute Gasteiger partial charge is 0.497 e. The number of methoxy groups -OCH3 is 1. The van der Waals surface area contributed by atoms with Crippen molar-refractivity contribution < 1.29 is 23.8 Å². The normalized spacial score (nSPS) is 14.4. The number of benzene rings is 3. The number of esters is 1. The zero-order chi connectivity index (χ0) is 24.1. The predicted molar refractivity (Wildman–Crippen MR) is 138 cm³/mol. The number of anilines is 1. The second-order valence-corrected chi connectivity index (χ2v) is 8.79. The average Bonchev–Trinajstić information content (AvgIpc) is 3.13. The number of nitrogens with zero attached hydrogens (tertiary/aromatic N) is 1. The summed E-state index contributed by atoms with van der Waals surface area (Å²) in [5.41, 5.74) is 1.83. The van der Waals surface area contributed by atoms with Crippen molar-refractivity contribution in [2.45, 2.75) is 6.92 Å². The van der Waals surface area contributed by atoms with E-state index in [1.54, 1.807) is 79.9 Å². The average molecular weight is 492 g/mol. The van der Waals surface area contributed by atoms with Crippen LogP contribution in [0.4, 0.5) is 5.69 Å². The van der Waals surface area contributed by atoms with Gasteiger partial charge in [0.2, 0.25) is 0 Å². The molecule has 0 unspecified atom stereocenters. The molecule has 0 N–H and O–H groups in total. The number of thiocarbonyl (C=S) groups is 1. The Morgan fingerprint density at radius 1 is 1.03 bits per heavy atom. The molecule has 0 saturated carbocycles. The summed E-state index contributed by atoms with van der Waals surface area (Å²) in [6.45, 7) is 2.23. The molecule has 3 aromatic carbocycles. The minimum Gasteiger partial charge on any atom is -0.497 e. The first-order chi connectivity index (χ1) is 16.5. The fourth-order valence-corrected chi connectivity index (χ4v) is 4.57. The van der Waals surface area contributed by atoms with Crippen LogP contribution in [-0.4, -0.2) is 29.9 Å². The Hall–Kier alpha value is -3.62. The quantitative estimate of drug-likeness (QED) is 0.181. The minimum absolute atomic E-state index is 0.210. The highest BCUT2D eigenvalue weighted by Gasteiger charge is 2.33. The molecule has 0 bridgehead atoms. The van der Waals surface area contributed by atoms with Gasteiger partial charge in [-0.15, -0.1) is 0 Å². The Bertz CT molecular complexity index is 1260. The second-order valence-electron chi connectivity index (χ2n) is 7.11. The van der Waals surface area contributed by atoms with Crippen LogP contribution in [0.5, 0.6) is 17.2 Å². The molecule has 6 nitrogen and oxygen atoms in total. The predicted octanol–water partition coefficient (Wildman–Crippen LogP) is 5.72. The summed E-state index contributed by atoms with van der Waals surface area (Å²) >= 11 is 6.67. The van der Waals surface area contributed by atoms with E-state index in [1.165, 1.54) is 16.7 Å². The van der Waals surface area contributed by atoms with Crippen molar-refractivity contribution in [3.05, 3.63) is 88.8 Å². The summed E-state index contributed by atoms with van der Waals surface area (Å²) in [6, 6.07) is 21.0. The number of amides is 1. The molecule has 1 heterocycles. The Morgan fingerprint density at radius 2 is 1.76 bits per heavy atom. The first-order valence-electron chi connectivity index (χ1n) is 10.5. The Kier molecular flexibility index (Phi) is 7.30. The second kappa shape index (κ2) is 10.5. The van der Waals surface area contributed by atoms with Crippen molar-refractivity contribution in [3.8, 4) is 17.2 Å². The van der Waals surface area contributed by atoms with E-state index in [0.29, 0.717) is 44.3 Å². The molecule has 34 heavy (non-hydrogen) atoms. The fourth-order valence-electron chi connectivity index (χ4n) is 3.27. The van der Waals surface area contributed by atoms with Gasteiger partial charge in [0.05, 0.1) is 29.9 Å². The highest BCUT2D eigenvalue weighted by Crippen LogP contribution is 2.37. The molecule has 1 aliphatic rings. The third-order valence-electron chi connectivity index (χ3n) is 4.90. The molecule has 4 rings (SSSR count). The Labute approximate surface area is 207 Å². The lowest BCUT2D eigenvalue weighted by molar-refractivity contribution is -0.113. The standard InChI is InChI=1S/C26H21NO5S2/c1-3-31-22-15-17(9-14-21(22)32-25(29)18-7-5-4-6-8-18)16-23-24(28)27(26(33)34-23)19-10-12-20(30-2)13-11-19/h4-16H,3H2,1-2H3/b23-16-. The molecule has 0 aromatic heterocycles. The van der Waals surface area contributed by atoms with Crippen LogP contribution in [0.2, 0.25) is 0 Å². The Morgan fingerprint density at radius 3 is 2.44 bits per heavy atom. The van der Waals surface area contributed by atoms with Gasteiger partial charge in [-0.1, -0.05) is 48.2 Å². The van der Waals surface area contributed by atoms with E-state index in [0.717, 1.165) is 5.56 Å². The summed E-state index contributed by atoms with van der Waals surface area (Å²) in [5, 5.41) is 0. The highest BCUT2D eigenvalue weighted by atomic mass is 32.2. The van der Waals surface area contributed by atoms with E-state index in [9.17, 15) is 9.59 Å². The number of ether oxygens (including phenoxy) is 3. The van der Waals surface area contributed by atoms with Gasteiger partial charge in [0.1, 0.15) is 5.75 Å². The smallest absolute Gasteiger partial charge is 0.343 e. The van der Waals surface area contributed by atoms with Gasteiger partial charge in [0.15, 0.2) is 15.8 Å². The first-order valence-corrected chi connectivity index (χ1v) is 11.7. The van der Waals surface area contributed by atoms with Crippen LogP contribution < -0.4 is 19.1 Å². The van der Waals surface area contributed by atoms with E-state index in [2.05, 4.69) is 0 Å². The van der Waals surface area contributed by atoms with Gasteiger partial charge in [-0.05, 0) is 67.1 Å². The highest BCUT2D eigenvalue weighted by molar-refractivity contribution is 8.27. The van der Waals surface area contributed by atoms with Crippen molar-refractivity contribution in [1.82, 2.24) is 0 Å². The maximum Gasteiger partial charge on any atom is 0.343 e. The molecule has 0 radical (unpaired) electrons. The van der Waals surface area contributed by atoms with Crippen LogP contribution in [0.3, 0.4) is 0 Å². The van der Waals surface area contributed by atoms with Crippen molar-refractivity contribution in [1.29, 1.82) is 0 Å². The Balaban J connectivity index is 1.57. The number of carbonyl (C=O) groups is 2. The zero-order valence-corrected chi connectivity index (χ0v) is 20.2. The molecule has 1 amide bonds. The lowest BCUT2D eigenvalue weighted by Crippen LogP contribution is -2.27. The third kappa shape index (κ3) is 5.13. The maximum atomic E-state index is 13.1. The van der Waals surface area contributed by atoms with E-state index in [1.807, 2.05) is 13.0 Å². The fraction of sp³-hybridized carbons (Fsp3) is 0.115. The topological polar surface area (TPSA) is 65.1 Å². The van der Waals surface area contributed by atoms with E-state index < -0.39 is 5.97 Å². The molecule has 172 valence electrons. The summed E-state index contributed by atoms with van der Waals surface area (Å²) in [6.07, 6.45) is 1.74. The monoisotopic (exact) mass is 491 g/mol. The third-order valence-corrected chi connectivity index (χ3v) is 6.20. The first kappa shape index (κ1) is 23.5. The number of carbonyl (C=O) groups excluding carboxylic acids is 2. The molecule has 3 aromatic rings. The summed E-state index contributed by atoms with van der Waals surface area (Å²) in [7, 11) is 1.59. The van der Waals surface area contributed by atoms with Crippen LogP contribution in [-0.2, 0) is 4.79 Å². The lowest BCUT2D eigenvalue weighted by atomic mass is 10.1. The molecule has 0 aliphatic carbocycles. The van der Waals surface area contributed by atoms with Crippen molar-refractivity contribution in [3.63, 3.8) is 0 Å². The lowest BCUT2D eigenvalue weighted by Gasteiger charge is -2.14. The number of thioether (sulfide) groups is 1. The molecule has 1 aliphatic heterocycles. The summed E-state index contributed by atoms with van der Waals surface area (Å²) in [4.78, 5) is 27.5. The van der Waals surface area contributed by atoms with E-state index in [4.69, 9.17) is 26.4 Å². The van der Waals surface area contributed by atoms with E-state index in [-0.39, 0.29) is 5.91 Å². The van der Waals surface area contributed by atoms with Gasteiger partial charge in [0, 0.05) is 0 Å². The van der Waals surface area contributed by atoms with Gasteiger partial charge >= 0.3 is 5.97 Å². The van der Waals surface area contributed by atoms with Crippen LogP contribution >= 0.6 is 24.0 Å².